The largest absolute Gasteiger partial charge is 0.467 e. The number of aromatic nitrogens is 2. The Morgan fingerprint density at radius 3 is 2.80 bits per heavy atom. The highest BCUT2D eigenvalue weighted by atomic mass is 16.5. The van der Waals surface area contributed by atoms with Gasteiger partial charge in [0.1, 0.15) is 5.54 Å². The van der Waals surface area contributed by atoms with Crippen molar-refractivity contribution in [2.24, 2.45) is 5.41 Å². The van der Waals surface area contributed by atoms with Gasteiger partial charge in [0, 0.05) is 25.0 Å². The molecule has 7 heteroatoms. The van der Waals surface area contributed by atoms with E-state index in [1.807, 2.05) is 25.5 Å². The molecule has 0 bridgehead atoms. The summed E-state index contributed by atoms with van der Waals surface area (Å²) >= 11 is 0. The molecule has 1 aromatic rings. The first kappa shape index (κ1) is 17.9. The number of methoxy groups -OCH3 is 1. The molecule has 1 amide bonds. The Balaban J connectivity index is 1.86. The van der Waals surface area contributed by atoms with Crippen molar-refractivity contribution in [3.8, 4) is 0 Å². The number of amides is 1. The highest BCUT2D eigenvalue weighted by Crippen LogP contribution is 2.52. The highest BCUT2D eigenvalue weighted by molar-refractivity contribution is 5.99. The van der Waals surface area contributed by atoms with Crippen molar-refractivity contribution < 1.29 is 19.1 Å². The Morgan fingerprint density at radius 2 is 2.16 bits per heavy atom. The Hall–Kier alpha value is -1.89. The number of nitrogens with one attached hydrogen (secondary N) is 1. The van der Waals surface area contributed by atoms with Crippen LogP contribution in [0.3, 0.4) is 0 Å². The van der Waals surface area contributed by atoms with E-state index < -0.39 is 16.9 Å². The van der Waals surface area contributed by atoms with Gasteiger partial charge in [0.05, 0.1) is 30.7 Å². The van der Waals surface area contributed by atoms with E-state index in [2.05, 4.69) is 10.4 Å². The smallest absolute Gasteiger partial charge is 0.332 e. The number of aryl methyl sites for hydroxylation is 1. The molecular weight excluding hydrogens is 322 g/mol. The van der Waals surface area contributed by atoms with Gasteiger partial charge in [-0.25, -0.2) is 4.79 Å². The van der Waals surface area contributed by atoms with Gasteiger partial charge < -0.3 is 14.8 Å². The lowest BCUT2D eigenvalue weighted by molar-refractivity contribution is -0.193. The summed E-state index contributed by atoms with van der Waals surface area (Å²) in [5, 5.41) is 7.28. The first-order chi connectivity index (χ1) is 11.9. The number of carbonyl (C=O) groups excluding carboxylic acids is 2. The summed E-state index contributed by atoms with van der Waals surface area (Å²) in [6.07, 6.45) is 4.87. The van der Waals surface area contributed by atoms with Crippen LogP contribution in [0.4, 0.5) is 0 Å². The van der Waals surface area contributed by atoms with E-state index in [1.54, 1.807) is 6.20 Å². The second-order valence-electron chi connectivity index (χ2n) is 7.41. The van der Waals surface area contributed by atoms with Crippen molar-refractivity contribution in [3.63, 3.8) is 0 Å². The summed E-state index contributed by atoms with van der Waals surface area (Å²) in [6, 6.07) is 0. The number of esters is 1. The van der Waals surface area contributed by atoms with Crippen LogP contribution >= 0.6 is 0 Å². The molecule has 1 fully saturated rings. The van der Waals surface area contributed by atoms with Gasteiger partial charge in [-0.2, -0.15) is 5.10 Å². The van der Waals surface area contributed by atoms with E-state index in [9.17, 15) is 9.59 Å². The number of fused-ring (bicyclic) bond motifs is 1. The maximum absolute atomic E-state index is 12.9. The lowest BCUT2D eigenvalue weighted by Crippen LogP contribution is -2.76. The predicted molar refractivity (Wildman–Crippen MR) is 91.2 cm³/mol. The number of carbonyl (C=O) groups is 2. The fourth-order valence-electron chi connectivity index (χ4n) is 4.06. The summed E-state index contributed by atoms with van der Waals surface area (Å²) in [5.41, 5.74) is -0.137. The molecular formula is C18H27N3O4. The maximum atomic E-state index is 12.9. The first-order valence-corrected chi connectivity index (χ1v) is 8.94. The van der Waals surface area contributed by atoms with E-state index in [1.165, 1.54) is 7.11 Å². The molecule has 1 N–H and O–H groups in total. The Labute approximate surface area is 148 Å². The topological polar surface area (TPSA) is 82.5 Å². The molecule has 0 radical (unpaired) electrons. The molecule has 2 aliphatic rings. The third kappa shape index (κ3) is 2.65. The van der Waals surface area contributed by atoms with Crippen LogP contribution < -0.4 is 5.32 Å². The summed E-state index contributed by atoms with van der Waals surface area (Å²) in [6.45, 7) is 7.19. The monoisotopic (exact) mass is 349 g/mol. The molecule has 0 saturated heterocycles. The zero-order valence-electron chi connectivity index (χ0n) is 15.4. The van der Waals surface area contributed by atoms with Crippen LogP contribution in [0, 0.1) is 5.41 Å². The van der Waals surface area contributed by atoms with Crippen molar-refractivity contribution in [3.05, 3.63) is 17.5 Å². The standard InChI is InChI=1S/C18H27N3O4/c1-5-25-14-10-18(16(23)24-4,17(14,2)3)20-15(22)12-11-19-21-9-7-6-8-13(12)21/h11,14H,5-10H2,1-4H3,(H,20,22)/t14-,18-/m1/s1. The van der Waals surface area contributed by atoms with E-state index in [4.69, 9.17) is 9.47 Å². The summed E-state index contributed by atoms with van der Waals surface area (Å²) in [7, 11) is 1.35. The normalized spacial score (nSPS) is 27.1. The zero-order chi connectivity index (χ0) is 18.2. The summed E-state index contributed by atoms with van der Waals surface area (Å²) < 4.78 is 12.6. The molecule has 2 atom stereocenters. The van der Waals surface area contributed by atoms with Gasteiger partial charge in [-0.05, 0) is 26.2 Å². The number of hydrogen-bond acceptors (Lipinski definition) is 5. The van der Waals surface area contributed by atoms with Crippen LogP contribution in [-0.2, 0) is 27.2 Å². The molecule has 1 aromatic heterocycles. The third-order valence-electron chi connectivity index (χ3n) is 5.85. The molecule has 1 saturated carbocycles. The van der Waals surface area contributed by atoms with Gasteiger partial charge in [-0.1, -0.05) is 13.8 Å². The average Bonchev–Trinajstić information content (AvgIpc) is 3.04. The van der Waals surface area contributed by atoms with Crippen molar-refractivity contribution in [2.75, 3.05) is 13.7 Å². The molecule has 2 heterocycles. The molecule has 0 unspecified atom stereocenters. The van der Waals surface area contributed by atoms with Crippen LogP contribution in [0.1, 0.15) is 56.1 Å². The molecule has 1 aliphatic carbocycles. The molecule has 0 aromatic carbocycles. The van der Waals surface area contributed by atoms with E-state index in [-0.39, 0.29) is 12.0 Å². The minimum atomic E-state index is -1.08. The Kier molecular flexibility index (Phi) is 4.62. The van der Waals surface area contributed by atoms with Gasteiger partial charge in [0.2, 0.25) is 0 Å². The predicted octanol–water partition coefficient (Wildman–Crippen LogP) is 1.70. The van der Waals surface area contributed by atoms with Crippen LogP contribution in [-0.4, -0.2) is 47.0 Å². The summed E-state index contributed by atoms with van der Waals surface area (Å²) in [4.78, 5) is 25.5. The van der Waals surface area contributed by atoms with Gasteiger partial charge in [0.25, 0.3) is 5.91 Å². The van der Waals surface area contributed by atoms with E-state index in [0.29, 0.717) is 18.6 Å². The minimum Gasteiger partial charge on any atom is -0.467 e. The van der Waals surface area contributed by atoms with E-state index in [0.717, 1.165) is 31.5 Å². The highest BCUT2D eigenvalue weighted by Gasteiger charge is 2.67. The molecule has 3 rings (SSSR count). The number of nitrogens with zero attached hydrogens (tertiary/aromatic N) is 2. The second-order valence-corrected chi connectivity index (χ2v) is 7.41. The van der Waals surface area contributed by atoms with Gasteiger partial charge in [0.15, 0.2) is 0 Å². The quantitative estimate of drug-likeness (QED) is 0.818. The lowest BCUT2D eigenvalue weighted by Gasteiger charge is -2.58. The molecule has 1 aliphatic heterocycles. The molecule has 25 heavy (non-hydrogen) atoms. The second kappa shape index (κ2) is 6.44. The van der Waals surface area contributed by atoms with Crippen molar-refractivity contribution in [2.45, 2.75) is 64.6 Å². The third-order valence-corrected chi connectivity index (χ3v) is 5.85. The van der Waals surface area contributed by atoms with Crippen LogP contribution in [0.5, 0.6) is 0 Å². The van der Waals surface area contributed by atoms with Crippen LogP contribution in [0.15, 0.2) is 6.20 Å². The molecule has 138 valence electrons. The Bertz CT molecular complexity index is 682. The lowest BCUT2D eigenvalue weighted by atomic mass is 9.54. The van der Waals surface area contributed by atoms with Crippen molar-refractivity contribution >= 4 is 11.9 Å². The number of rotatable bonds is 5. The van der Waals surface area contributed by atoms with Crippen LogP contribution in [0.2, 0.25) is 0 Å². The number of hydrogen-bond donors (Lipinski definition) is 1. The zero-order valence-corrected chi connectivity index (χ0v) is 15.4. The average molecular weight is 349 g/mol. The van der Waals surface area contributed by atoms with Gasteiger partial charge >= 0.3 is 5.97 Å². The van der Waals surface area contributed by atoms with Crippen molar-refractivity contribution in [1.29, 1.82) is 0 Å². The fourth-order valence-corrected chi connectivity index (χ4v) is 4.06. The minimum absolute atomic E-state index is 0.0991. The maximum Gasteiger partial charge on any atom is 0.332 e. The van der Waals surface area contributed by atoms with Gasteiger partial charge in [-0.15, -0.1) is 0 Å². The van der Waals surface area contributed by atoms with Crippen LogP contribution in [0.25, 0.3) is 0 Å². The molecule has 0 spiro atoms. The summed E-state index contributed by atoms with van der Waals surface area (Å²) in [5.74, 6) is -0.695. The molecule has 7 nitrogen and oxygen atoms in total. The van der Waals surface area contributed by atoms with E-state index >= 15 is 0 Å². The number of ether oxygens (including phenoxy) is 2. The van der Waals surface area contributed by atoms with Gasteiger partial charge in [-0.3, -0.25) is 9.48 Å². The fraction of sp³-hybridized carbons (Fsp3) is 0.722. The first-order valence-electron chi connectivity index (χ1n) is 8.94. The Morgan fingerprint density at radius 1 is 1.40 bits per heavy atom. The van der Waals surface area contributed by atoms with Crippen molar-refractivity contribution in [1.82, 2.24) is 15.1 Å². The SMILES string of the molecule is CCO[C@@H]1C[C@@](NC(=O)c2cnn3c2CCCC3)(C(=O)OC)C1(C)C.